The Morgan fingerprint density at radius 3 is 2.58 bits per heavy atom. The molecule has 0 aliphatic carbocycles. The third-order valence-electron chi connectivity index (χ3n) is 4.28. The summed E-state index contributed by atoms with van der Waals surface area (Å²) in [4.78, 5) is 12.4. The number of anilines is 1. The van der Waals surface area contributed by atoms with Gasteiger partial charge in [-0.05, 0) is 36.6 Å². The molecule has 0 aromatic heterocycles. The minimum Gasteiger partial charge on any atom is -0.480 e. The second kappa shape index (κ2) is 6.12. The smallest absolute Gasteiger partial charge is 0.418 e. The third-order valence-corrected chi connectivity index (χ3v) is 4.28. The van der Waals surface area contributed by atoms with E-state index < -0.39 is 23.8 Å². The van der Waals surface area contributed by atoms with E-state index in [2.05, 4.69) is 5.32 Å². The van der Waals surface area contributed by atoms with Crippen LogP contribution < -0.4 is 19.5 Å². The molecule has 2 heterocycles. The van der Waals surface area contributed by atoms with Crippen LogP contribution in [0.4, 0.5) is 18.9 Å². The number of aryl methyl sites for hydroxylation is 1. The second-order valence-corrected chi connectivity index (χ2v) is 5.99. The van der Waals surface area contributed by atoms with Crippen molar-refractivity contribution in [1.29, 1.82) is 0 Å². The van der Waals surface area contributed by atoms with Crippen molar-refractivity contribution in [3.63, 3.8) is 0 Å². The lowest BCUT2D eigenvalue weighted by Crippen LogP contribution is -2.36. The van der Waals surface area contributed by atoms with Gasteiger partial charge in [0.25, 0.3) is 5.91 Å². The van der Waals surface area contributed by atoms with Gasteiger partial charge in [-0.1, -0.05) is 12.1 Å². The number of hydrogen-bond donors (Lipinski definition) is 1. The van der Waals surface area contributed by atoms with Crippen LogP contribution in [-0.2, 0) is 17.4 Å². The molecule has 8 heteroatoms. The number of hydrogen-bond acceptors (Lipinski definition) is 4. The average molecular weight is 365 g/mol. The Bertz CT molecular complexity index is 866. The second-order valence-electron chi connectivity index (χ2n) is 5.99. The lowest BCUT2D eigenvalue weighted by molar-refractivity contribution is -0.137. The van der Waals surface area contributed by atoms with Crippen LogP contribution in [0.1, 0.15) is 17.5 Å². The zero-order valence-corrected chi connectivity index (χ0v) is 13.4. The molecule has 0 fully saturated rings. The summed E-state index contributed by atoms with van der Waals surface area (Å²) in [5.41, 5.74) is -0.313. The number of ether oxygens (including phenoxy) is 3. The average Bonchev–Trinajstić information content (AvgIpc) is 3.06. The molecule has 4 rings (SSSR count). The normalized spacial score (nSPS) is 18.0. The molecule has 26 heavy (non-hydrogen) atoms. The van der Waals surface area contributed by atoms with Crippen LogP contribution in [0, 0.1) is 0 Å². The molecule has 0 spiro atoms. The van der Waals surface area contributed by atoms with Crippen molar-refractivity contribution in [1.82, 2.24) is 0 Å². The Morgan fingerprint density at radius 1 is 1.08 bits per heavy atom. The van der Waals surface area contributed by atoms with Crippen molar-refractivity contribution in [2.75, 3.05) is 12.1 Å². The van der Waals surface area contributed by atoms with Gasteiger partial charge in [0.15, 0.2) is 17.6 Å². The fourth-order valence-corrected chi connectivity index (χ4v) is 3.01. The molecular formula is C18H14F3NO4. The predicted octanol–water partition coefficient (Wildman–Crippen LogP) is 3.77. The lowest BCUT2D eigenvalue weighted by Gasteiger charge is -2.26. The molecule has 2 aliphatic rings. The van der Waals surface area contributed by atoms with Gasteiger partial charge in [0, 0.05) is 6.07 Å². The lowest BCUT2D eigenvalue weighted by atomic mass is 10.0. The Balaban J connectivity index is 1.52. The number of fused-ring (bicyclic) bond motifs is 2. The number of nitrogens with one attached hydrogen (secondary N) is 1. The molecule has 2 aliphatic heterocycles. The van der Waals surface area contributed by atoms with Crippen molar-refractivity contribution in [3.05, 3.63) is 47.5 Å². The molecule has 1 N–H and O–H groups in total. The number of rotatable bonds is 2. The molecule has 2 aromatic rings. The van der Waals surface area contributed by atoms with Crippen LogP contribution in [0.25, 0.3) is 0 Å². The maximum atomic E-state index is 13.1. The first-order chi connectivity index (χ1) is 12.4. The first-order valence-corrected chi connectivity index (χ1v) is 7.98. The number of para-hydroxylation sites is 1. The van der Waals surface area contributed by atoms with Gasteiger partial charge < -0.3 is 19.5 Å². The van der Waals surface area contributed by atoms with Gasteiger partial charge >= 0.3 is 6.18 Å². The number of amides is 1. The van der Waals surface area contributed by atoms with Crippen LogP contribution in [0.3, 0.4) is 0 Å². The van der Waals surface area contributed by atoms with Gasteiger partial charge in [-0.3, -0.25) is 4.79 Å². The van der Waals surface area contributed by atoms with Crippen LogP contribution in [-0.4, -0.2) is 18.8 Å². The number of benzene rings is 2. The largest absolute Gasteiger partial charge is 0.480 e. The first kappa shape index (κ1) is 16.6. The quantitative estimate of drug-likeness (QED) is 0.880. The molecule has 0 bridgehead atoms. The monoisotopic (exact) mass is 365 g/mol. The summed E-state index contributed by atoms with van der Waals surface area (Å²) in [7, 11) is 0. The highest BCUT2D eigenvalue weighted by atomic mass is 19.4. The van der Waals surface area contributed by atoms with Crippen LogP contribution in [0.15, 0.2) is 36.4 Å². The molecule has 1 unspecified atom stereocenters. The molecule has 2 aromatic carbocycles. The Labute approximate surface area is 146 Å². The van der Waals surface area contributed by atoms with Crippen molar-refractivity contribution < 1.29 is 32.2 Å². The highest BCUT2D eigenvalue weighted by Crippen LogP contribution is 2.41. The summed E-state index contributed by atoms with van der Waals surface area (Å²) in [5, 5.41) is 2.33. The molecular weight excluding hydrogens is 351 g/mol. The Hall–Kier alpha value is -2.90. The van der Waals surface area contributed by atoms with Gasteiger partial charge in [0.2, 0.25) is 6.79 Å². The van der Waals surface area contributed by atoms with E-state index in [4.69, 9.17) is 14.2 Å². The van der Waals surface area contributed by atoms with Gasteiger partial charge in [-0.15, -0.1) is 0 Å². The van der Waals surface area contributed by atoms with E-state index in [9.17, 15) is 18.0 Å². The minimum atomic E-state index is -4.55. The van der Waals surface area contributed by atoms with E-state index in [-0.39, 0.29) is 12.5 Å². The summed E-state index contributed by atoms with van der Waals surface area (Å²) < 4.78 is 55.4. The van der Waals surface area contributed by atoms with E-state index in [0.29, 0.717) is 30.1 Å². The highest BCUT2D eigenvalue weighted by molar-refractivity contribution is 5.95. The maximum absolute atomic E-state index is 13.1. The number of carbonyl (C=O) groups is 1. The predicted molar refractivity (Wildman–Crippen MR) is 85.4 cm³/mol. The van der Waals surface area contributed by atoms with Crippen molar-refractivity contribution in [2.24, 2.45) is 0 Å². The number of halogens is 3. The van der Waals surface area contributed by atoms with Gasteiger partial charge in [0.05, 0.1) is 11.3 Å². The molecule has 0 radical (unpaired) electrons. The first-order valence-electron chi connectivity index (χ1n) is 7.98. The van der Waals surface area contributed by atoms with Crippen molar-refractivity contribution in [2.45, 2.75) is 25.1 Å². The van der Waals surface area contributed by atoms with Crippen LogP contribution in [0.2, 0.25) is 0 Å². The summed E-state index contributed by atoms with van der Waals surface area (Å²) in [6.45, 7) is 0.121. The van der Waals surface area contributed by atoms with E-state index in [1.54, 1.807) is 12.1 Å². The number of carbonyl (C=O) groups excluding carboxylic acids is 1. The number of alkyl halides is 3. The highest BCUT2D eigenvalue weighted by Gasteiger charge is 2.35. The molecule has 5 nitrogen and oxygen atoms in total. The maximum Gasteiger partial charge on any atom is 0.418 e. The van der Waals surface area contributed by atoms with Crippen molar-refractivity contribution in [3.8, 4) is 17.2 Å². The van der Waals surface area contributed by atoms with Gasteiger partial charge in [0.1, 0.15) is 5.75 Å². The summed E-state index contributed by atoms with van der Waals surface area (Å²) in [5.74, 6) is 0.997. The molecule has 136 valence electrons. The zero-order chi connectivity index (χ0) is 18.3. The molecule has 0 saturated carbocycles. The third kappa shape index (κ3) is 3.02. The van der Waals surface area contributed by atoms with Crippen LogP contribution >= 0.6 is 0 Å². The van der Waals surface area contributed by atoms with E-state index >= 15 is 0 Å². The summed E-state index contributed by atoms with van der Waals surface area (Å²) in [6.07, 6.45) is -4.54. The minimum absolute atomic E-state index is 0.121. The van der Waals surface area contributed by atoms with E-state index in [1.165, 1.54) is 18.2 Å². The SMILES string of the molecule is O=C(Nc1ccccc1C(F)(F)F)C1CCc2cc3c(cc2O1)OCO3. The van der Waals surface area contributed by atoms with Crippen molar-refractivity contribution >= 4 is 11.6 Å². The summed E-state index contributed by atoms with van der Waals surface area (Å²) >= 11 is 0. The van der Waals surface area contributed by atoms with E-state index in [0.717, 1.165) is 11.6 Å². The summed E-state index contributed by atoms with van der Waals surface area (Å²) in [6, 6.07) is 8.28. The van der Waals surface area contributed by atoms with Gasteiger partial charge in [-0.25, -0.2) is 0 Å². The van der Waals surface area contributed by atoms with Crippen LogP contribution in [0.5, 0.6) is 17.2 Å². The van der Waals surface area contributed by atoms with E-state index in [1.807, 2.05) is 0 Å². The molecule has 1 amide bonds. The fourth-order valence-electron chi connectivity index (χ4n) is 3.01. The fraction of sp³-hybridized carbons (Fsp3) is 0.278. The van der Waals surface area contributed by atoms with Gasteiger partial charge in [-0.2, -0.15) is 13.2 Å². The standard InChI is InChI=1S/C18H14F3NO4/c19-18(20,21)11-3-1-2-4-12(11)22-17(23)13-6-5-10-7-15-16(25-9-24-15)8-14(10)26-13/h1-4,7-8,13H,5-6,9H2,(H,22,23). The topological polar surface area (TPSA) is 56.8 Å². The Kier molecular flexibility index (Phi) is 3.90. The molecule has 1 atom stereocenters. The molecule has 0 saturated heterocycles. The Morgan fingerprint density at radius 2 is 1.81 bits per heavy atom. The zero-order valence-electron chi connectivity index (χ0n) is 13.4.